The van der Waals surface area contributed by atoms with Gasteiger partial charge in [-0.15, -0.1) is 0 Å². The summed E-state index contributed by atoms with van der Waals surface area (Å²) in [5.74, 6) is -0.231. The van der Waals surface area contributed by atoms with Crippen LogP contribution >= 0.6 is 0 Å². The number of aromatic nitrogens is 2. The molecule has 1 aromatic carbocycles. The van der Waals surface area contributed by atoms with Gasteiger partial charge in [-0.2, -0.15) is 10.2 Å². The van der Waals surface area contributed by atoms with Gasteiger partial charge in [0.25, 0.3) is 0 Å². The highest BCUT2D eigenvalue weighted by molar-refractivity contribution is 5.61. The largest absolute Gasteiger partial charge is 0.207 e. The molecule has 0 N–H and O–H groups in total. The lowest BCUT2D eigenvalue weighted by Gasteiger charge is -1.98. The Morgan fingerprint density at radius 1 is 0.846 bits per heavy atom. The fourth-order valence-corrected chi connectivity index (χ4v) is 1.10. The molecule has 0 bridgehead atoms. The van der Waals surface area contributed by atoms with Crippen molar-refractivity contribution in [3.8, 4) is 11.1 Å². The predicted octanol–water partition coefficient (Wildman–Crippen LogP) is 2.28. The van der Waals surface area contributed by atoms with E-state index in [1.54, 1.807) is 24.5 Å². The molecule has 0 aliphatic rings. The minimum absolute atomic E-state index is 0.231. The van der Waals surface area contributed by atoms with Crippen LogP contribution in [0.4, 0.5) is 4.39 Å². The molecular formula is C10H7FN2. The third kappa shape index (κ3) is 1.69. The van der Waals surface area contributed by atoms with E-state index in [1.165, 1.54) is 12.1 Å². The van der Waals surface area contributed by atoms with Gasteiger partial charge in [-0.05, 0) is 23.8 Å². The van der Waals surface area contributed by atoms with E-state index in [0.29, 0.717) is 0 Å². The summed E-state index contributed by atoms with van der Waals surface area (Å²) >= 11 is 0. The Morgan fingerprint density at radius 3 is 2.23 bits per heavy atom. The molecule has 0 spiro atoms. The highest BCUT2D eigenvalue weighted by atomic mass is 19.1. The molecule has 0 aliphatic carbocycles. The molecular weight excluding hydrogens is 167 g/mol. The van der Waals surface area contributed by atoms with Crippen molar-refractivity contribution in [1.29, 1.82) is 0 Å². The molecule has 2 nitrogen and oxygen atoms in total. The molecule has 0 atom stereocenters. The number of rotatable bonds is 1. The van der Waals surface area contributed by atoms with Gasteiger partial charge >= 0.3 is 0 Å². The van der Waals surface area contributed by atoms with Crippen molar-refractivity contribution in [2.24, 2.45) is 0 Å². The molecule has 0 amide bonds. The van der Waals surface area contributed by atoms with Crippen LogP contribution in [0.15, 0.2) is 42.7 Å². The van der Waals surface area contributed by atoms with Crippen LogP contribution in [0.1, 0.15) is 0 Å². The summed E-state index contributed by atoms with van der Waals surface area (Å²) in [7, 11) is 0. The molecule has 13 heavy (non-hydrogen) atoms. The normalized spacial score (nSPS) is 9.92. The summed E-state index contributed by atoms with van der Waals surface area (Å²) in [6, 6.07) is 8.12. The Bertz CT molecular complexity index is 383. The lowest BCUT2D eigenvalue weighted by Crippen LogP contribution is -1.82. The van der Waals surface area contributed by atoms with Crippen molar-refractivity contribution in [1.82, 2.24) is 10.2 Å². The Hall–Kier alpha value is -1.77. The van der Waals surface area contributed by atoms with Gasteiger partial charge in [-0.25, -0.2) is 4.39 Å². The van der Waals surface area contributed by atoms with E-state index in [-0.39, 0.29) is 5.82 Å². The maximum absolute atomic E-state index is 12.6. The SMILES string of the molecule is Fc1ccc(-c2ccnnc2)cc1. The first kappa shape index (κ1) is 7.86. The standard InChI is InChI=1S/C10H7FN2/c11-10-3-1-8(2-4-10)9-5-6-12-13-7-9/h1-7H. The molecule has 0 aliphatic heterocycles. The van der Waals surface area contributed by atoms with Gasteiger partial charge in [-0.1, -0.05) is 12.1 Å². The third-order valence-corrected chi connectivity index (χ3v) is 1.76. The van der Waals surface area contributed by atoms with E-state index >= 15 is 0 Å². The van der Waals surface area contributed by atoms with Crippen LogP contribution in [-0.2, 0) is 0 Å². The topological polar surface area (TPSA) is 25.8 Å². The van der Waals surface area contributed by atoms with Crippen molar-refractivity contribution in [3.63, 3.8) is 0 Å². The Morgan fingerprint density at radius 2 is 1.62 bits per heavy atom. The highest BCUT2D eigenvalue weighted by Gasteiger charge is 1.96. The van der Waals surface area contributed by atoms with Gasteiger partial charge < -0.3 is 0 Å². The summed E-state index contributed by atoms with van der Waals surface area (Å²) in [4.78, 5) is 0. The minimum Gasteiger partial charge on any atom is -0.207 e. The average Bonchev–Trinajstić information content (AvgIpc) is 2.20. The first-order valence-corrected chi connectivity index (χ1v) is 3.89. The summed E-state index contributed by atoms with van der Waals surface area (Å²) in [6.45, 7) is 0. The van der Waals surface area contributed by atoms with Crippen LogP contribution in [0.2, 0.25) is 0 Å². The Labute approximate surface area is 75.1 Å². The molecule has 3 heteroatoms. The van der Waals surface area contributed by atoms with Crippen LogP contribution in [0.5, 0.6) is 0 Å². The first-order valence-electron chi connectivity index (χ1n) is 3.89. The molecule has 0 fully saturated rings. The van der Waals surface area contributed by atoms with Gasteiger partial charge in [-0.3, -0.25) is 0 Å². The quantitative estimate of drug-likeness (QED) is 0.662. The molecule has 0 saturated heterocycles. The van der Waals surface area contributed by atoms with Gasteiger partial charge in [0.15, 0.2) is 0 Å². The summed E-state index contributed by atoms with van der Waals surface area (Å²) in [6.07, 6.45) is 3.26. The van der Waals surface area contributed by atoms with E-state index in [4.69, 9.17) is 0 Å². The van der Waals surface area contributed by atoms with E-state index in [1.807, 2.05) is 6.07 Å². The zero-order valence-electron chi connectivity index (χ0n) is 6.81. The second kappa shape index (κ2) is 3.31. The van der Waals surface area contributed by atoms with Crippen LogP contribution in [0, 0.1) is 5.82 Å². The van der Waals surface area contributed by atoms with Crippen molar-refractivity contribution in [2.75, 3.05) is 0 Å². The number of nitrogens with zero attached hydrogens (tertiary/aromatic N) is 2. The summed E-state index contributed by atoms with van der Waals surface area (Å²) < 4.78 is 12.6. The van der Waals surface area contributed by atoms with E-state index in [9.17, 15) is 4.39 Å². The number of hydrogen-bond donors (Lipinski definition) is 0. The number of benzene rings is 1. The van der Waals surface area contributed by atoms with Gasteiger partial charge in [0.2, 0.25) is 0 Å². The van der Waals surface area contributed by atoms with Crippen LogP contribution in [0.3, 0.4) is 0 Å². The fourth-order valence-electron chi connectivity index (χ4n) is 1.10. The molecule has 0 radical (unpaired) electrons. The second-order valence-electron chi connectivity index (χ2n) is 2.64. The minimum atomic E-state index is -0.231. The Kier molecular flexibility index (Phi) is 2.00. The predicted molar refractivity (Wildman–Crippen MR) is 47.4 cm³/mol. The first-order chi connectivity index (χ1) is 6.36. The van der Waals surface area contributed by atoms with E-state index in [0.717, 1.165) is 11.1 Å². The second-order valence-corrected chi connectivity index (χ2v) is 2.64. The molecule has 0 unspecified atom stereocenters. The third-order valence-electron chi connectivity index (χ3n) is 1.76. The summed E-state index contributed by atoms with van der Waals surface area (Å²) in [5.41, 5.74) is 1.88. The fraction of sp³-hybridized carbons (Fsp3) is 0. The van der Waals surface area contributed by atoms with Crippen molar-refractivity contribution >= 4 is 0 Å². The zero-order valence-corrected chi connectivity index (χ0v) is 6.81. The lowest BCUT2D eigenvalue weighted by atomic mass is 10.1. The van der Waals surface area contributed by atoms with Gasteiger partial charge in [0.05, 0.1) is 12.4 Å². The smallest absolute Gasteiger partial charge is 0.123 e. The van der Waals surface area contributed by atoms with Crippen molar-refractivity contribution in [3.05, 3.63) is 48.5 Å². The zero-order chi connectivity index (χ0) is 9.10. The monoisotopic (exact) mass is 174 g/mol. The number of halogens is 1. The molecule has 64 valence electrons. The molecule has 1 heterocycles. The highest BCUT2D eigenvalue weighted by Crippen LogP contribution is 2.16. The van der Waals surface area contributed by atoms with Crippen molar-refractivity contribution < 1.29 is 4.39 Å². The number of hydrogen-bond acceptors (Lipinski definition) is 2. The maximum Gasteiger partial charge on any atom is 0.123 e. The molecule has 2 aromatic rings. The van der Waals surface area contributed by atoms with E-state index < -0.39 is 0 Å². The molecule has 1 aromatic heterocycles. The molecule has 2 rings (SSSR count). The van der Waals surface area contributed by atoms with Crippen LogP contribution in [0.25, 0.3) is 11.1 Å². The summed E-state index contributed by atoms with van der Waals surface area (Å²) in [5, 5.41) is 7.40. The maximum atomic E-state index is 12.6. The Balaban J connectivity index is 2.42. The lowest BCUT2D eigenvalue weighted by molar-refractivity contribution is 0.628. The molecule has 0 saturated carbocycles. The van der Waals surface area contributed by atoms with Gasteiger partial charge in [0, 0.05) is 5.56 Å². The van der Waals surface area contributed by atoms with Crippen molar-refractivity contribution in [2.45, 2.75) is 0 Å². The van der Waals surface area contributed by atoms with Crippen LogP contribution < -0.4 is 0 Å². The van der Waals surface area contributed by atoms with Gasteiger partial charge in [0.1, 0.15) is 5.82 Å². The van der Waals surface area contributed by atoms with E-state index in [2.05, 4.69) is 10.2 Å². The average molecular weight is 174 g/mol. The van der Waals surface area contributed by atoms with Crippen LogP contribution in [-0.4, -0.2) is 10.2 Å².